The first-order valence-corrected chi connectivity index (χ1v) is 7.26. The Balaban J connectivity index is 2.56. The van der Waals surface area contributed by atoms with E-state index in [0.29, 0.717) is 23.6 Å². The molecule has 0 spiro atoms. The van der Waals surface area contributed by atoms with E-state index in [0.717, 1.165) is 5.69 Å². The highest BCUT2D eigenvalue weighted by molar-refractivity contribution is 5.93. The number of carboxylic acid groups (broad SMARTS) is 1. The summed E-state index contributed by atoms with van der Waals surface area (Å²) in [6, 6.07) is 0. The van der Waals surface area contributed by atoms with Gasteiger partial charge in [0.25, 0.3) is 5.91 Å². The van der Waals surface area contributed by atoms with E-state index in [4.69, 9.17) is 5.11 Å². The predicted octanol–water partition coefficient (Wildman–Crippen LogP) is 1.53. The van der Waals surface area contributed by atoms with Crippen molar-refractivity contribution in [2.75, 3.05) is 13.1 Å². The van der Waals surface area contributed by atoms with Crippen LogP contribution >= 0.6 is 0 Å². The molecule has 2 rings (SSSR count). The Morgan fingerprint density at radius 1 is 1.36 bits per heavy atom. The fourth-order valence-corrected chi connectivity index (χ4v) is 2.51. The molecule has 0 bridgehead atoms. The molecule has 2 N–H and O–H groups in total. The molecule has 0 saturated heterocycles. The molecule has 0 fully saturated rings. The molecule has 122 valence electrons. The fraction of sp³-hybridized carbons (Fsp3) is 0.643. The molecule has 0 aliphatic carbocycles. The number of aromatic nitrogens is 2. The van der Waals surface area contributed by atoms with Gasteiger partial charge in [-0.3, -0.25) is 14.7 Å². The molecule has 2 heterocycles. The minimum absolute atomic E-state index is 0.110. The zero-order valence-corrected chi connectivity index (χ0v) is 13.3. The van der Waals surface area contributed by atoms with Gasteiger partial charge in [-0.1, -0.05) is 0 Å². The van der Waals surface area contributed by atoms with E-state index < -0.39 is 17.5 Å². The zero-order valence-electron chi connectivity index (χ0n) is 13.3. The third-order valence-electron chi connectivity index (χ3n) is 3.68. The predicted molar refractivity (Wildman–Crippen MR) is 77.9 cm³/mol. The summed E-state index contributed by atoms with van der Waals surface area (Å²) in [5.74, 6) is -0.557. The fourth-order valence-electron chi connectivity index (χ4n) is 2.51. The molecule has 8 nitrogen and oxygen atoms in total. The van der Waals surface area contributed by atoms with Crippen molar-refractivity contribution in [3.63, 3.8) is 0 Å². The van der Waals surface area contributed by atoms with Gasteiger partial charge in [0.05, 0.1) is 17.8 Å². The molecule has 1 aliphatic rings. The van der Waals surface area contributed by atoms with Crippen LogP contribution in [-0.4, -0.2) is 55.1 Å². The molecule has 0 aromatic carbocycles. The lowest BCUT2D eigenvalue weighted by molar-refractivity contribution is -0.0554. The topological polar surface area (TPSA) is 98.9 Å². The number of carbonyl (C=O) groups is 2. The number of fused-ring (bicyclic) bond motifs is 1. The van der Waals surface area contributed by atoms with Gasteiger partial charge >= 0.3 is 6.09 Å². The lowest BCUT2D eigenvalue weighted by atomic mass is 10.0. The Labute approximate surface area is 128 Å². The molecule has 0 atom stereocenters. The Hall–Kier alpha value is -2.09. The summed E-state index contributed by atoms with van der Waals surface area (Å²) in [5.41, 5.74) is 1.12. The first kappa shape index (κ1) is 16.3. The van der Waals surface area contributed by atoms with E-state index in [-0.39, 0.29) is 18.8 Å². The summed E-state index contributed by atoms with van der Waals surface area (Å²) in [6.45, 7) is 7.99. The summed E-state index contributed by atoms with van der Waals surface area (Å²) in [4.78, 5) is 24.9. The lowest BCUT2D eigenvalue weighted by Crippen LogP contribution is -2.37. The van der Waals surface area contributed by atoms with Gasteiger partial charge in [0.1, 0.15) is 5.69 Å². The van der Waals surface area contributed by atoms with E-state index >= 15 is 0 Å². The van der Waals surface area contributed by atoms with Gasteiger partial charge in [-0.05, 0) is 27.7 Å². The van der Waals surface area contributed by atoms with Crippen molar-refractivity contribution in [3.05, 3.63) is 17.0 Å². The molecule has 1 aliphatic heterocycles. The molecule has 1 aromatic rings. The summed E-state index contributed by atoms with van der Waals surface area (Å²) >= 11 is 0. The molecule has 8 heteroatoms. The minimum atomic E-state index is -1.02. The summed E-state index contributed by atoms with van der Waals surface area (Å²) in [7, 11) is 0. The van der Waals surface area contributed by atoms with Crippen LogP contribution in [0, 0.1) is 0 Å². The van der Waals surface area contributed by atoms with Crippen molar-refractivity contribution < 1.29 is 19.9 Å². The van der Waals surface area contributed by atoms with Crippen LogP contribution in [0.1, 0.15) is 49.4 Å². The number of carbonyl (C=O) groups excluding carboxylic acids is 1. The van der Waals surface area contributed by atoms with Crippen molar-refractivity contribution >= 4 is 12.0 Å². The highest BCUT2D eigenvalue weighted by atomic mass is 16.5. The Morgan fingerprint density at radius 2 is 2.00 bits per heavy atom. The van der Waals surface area contributed by atoms with Crippen LogP contribution in [0.15, 0.2) is 0 Å². The van der Waals surface area contributed by atoms with Crippen LogP contribution in [0.2, 0.25) is 0 Å². The summed E-state index contributed by atoms with van der Waals surface area (Å²) in [6.07, 6.45) is -0.563. The highest BCUT2D eigenvalue weighted by Crippen LogP contribution is 2.27. The third-order valence-corrected chi connectivity index (χ3v) is 3.68. The van der Waals surface area contributed by atoms with Gasteiger partial charge in [-0.2, -0.15) is 5.10 Å². The second-order valence-electron chi connectivity index (χ2n) is 6.33. The Bertz CT molecular complexity index is 603. The first-order valence-electron chi connectivity index (χ1n) is 7.26. The molecule has 0 unspecified atom stereocenters. The second kappa shape index (κ2) is 5.60. The van der Waals surface area contributed by atoms with E-state index in [2.05, 4.69) is 5.10 Å². The Morgan fingerprint density at radius 3 is 2.50 bits per heavy atom. The van der Waals surface area contributed by atoms with Gasteiger partial charge in [-0.25, -0.2) is 9.86 Å². The van der Waals surface area contributed by atoms with Crippen molar-refractivity contribution in [3.8, 4) is 0 Å². The smallest absolute Gasteiger partial charge is 0.407 e. The lowest BCUT2D eigenvalue weighted by Gasteiger charge is -2.25. The number of hydrogen-bond donors (Lipinski definition) is 2. The second-order valence-corrected chi connectivity index (χ2v) is 6.33. The van der Waals surface area contributed by atoms with E-state index in [1.807, 2.05) is 20.8 Å². The first-order chi connectivity index (χ1) is 10.2. The van der Waals surface area contributed by atoms with Crippen molar-refractivity contribution in [2.24, 2.45) is 0 Å². The van der Waals surface area contributed by atoms with Crippen LogP contribution in [0.25, 0.3) is 0 Å². The van der Waals surface area contributed by atoms with Crippen molar-refractivity contribution in [1.82, 2.24) is 19.7 Å². The standard InChI is InChI=1S/C14H22N4O4/c1-5-17(22)12(19)11-9-8-16(13(20)21)7-6-10(9)15-18(11)14(2,3)4/h22H,5-8H2,1-4H3,(H,20,21). The largest absolute Gasteiger partial charge is 0.465 e. The molecule has 22 heavy (non-hydrogen) atoms. The molecular formula is C14H22N4O4. The SMILES string of the molecule is CCN(O)C(=O)c1c2c(nn1C(C)(C)C)CCN(C(=O)O)C2. The maximum atomic E-state index is 12.5. The quantitative estimate of drug-likeness (QED) is 0.637. The highest BCUT2D eigenvalue weighted by Gasteiger charge is 2.34. The van der Waals surface area contributed by atoms with Crippen LogP contribution < -0.4 is 0 Å². The average Bonchev–Trinajstić information content (AvgIpc) is 2.83. The van der Waals surface area contributed by atoms with Crippen molar-refractivity contribution in [2.45, 2.75) is 46.2 Å². The minimum Gasteiger partial charge on any atom is -0.465 e. The van der Waals surface area contributed by atoms with Gasteiger partial charge < -0.3 is 10.0 Å². The van der Waals surface area contributed by atoms with Crippen molar-refractivity contribution in [1.29, 1.82) is 0 Å². The molecule has 2 amide bonds. The van der Waals surface area contributed by atoms with Gasteiger partial charge in [0, 0.05) is 25.1 Å². The zero-order chi connectivity index (χ0) is 16.7. The molecule has 0 saturated carbocycles. The maximum absolute atomic E-state index is 12.5. The van der Waals surface area contributed by atoms with Crippen LogP contribution in [0.3, 0.4) is 0 Å². The maximum Gasteiger partial charge on any atom is 0.407 e. The van der Waals surface area contributed by atoms with Gasteiger partial charge in [0.2, 0.25) is 0 Å². The molecule has 0 radical (unpaired) electrons. The van der Waals surface area contributed by atoms with Crippen LogP contribution in [0.4, 0.5) is 4.79 Å². The number of hydrogen-bond acceptors (Lipinski definition) is 4. The summed E-state index contributed by atoms with van der Waals surface area (Å²) in [5, 5.41) is 24.1. The summed E-state index contributed by atoms with van der Waals surface area (Å²) < 4.78 is 1.59. The van der Waals surface area contributed by atoms with Gasteiger partial charge in [0.15, 0.2) is 0 Å². The molecular weight excluding hydrogens is 288 g/mol. The van der Waals surface area contributed by atoms with E-state index in [1.54, 1.807) is 11.6 Å². The third kappa shape index (κ3) is 2.78. The number of hydroxylamine groups is 2. The van der Waals surface area contributed by atoms with E-state index in [1.165, 1.54) is 4.90 Å². The van der Waals surface area contributed by atoms with Gasteiger partial charge in [-0.15, -0.1) is 0 Å². The molecule has 1 aromatic heterocycles. The number of rotatable bonds is 2. The average molecular weight is 310 g/mol. The number of amides is 2. The normalized spacial score (nSPS) is 14.7. The Kier molecular flexibility index (Phi) is 4.15. The van der Waals surface area contributed by atoms with Crippen LogP contribution in [-0.2, 0) is 18.5 Å². The number of nitrogens with zero attached hydrogens (tertiary/aromatic N) is 4. The monoisotopic (exact) mass is 310 g/mol. The van der Waals surface area contributed by atoms with Crippen LogP contribution in [0.5, 0.6) is 0 Å². The van der Waals surface area contributed by atoms with E-state index in [9.17, 15) is 14.8 Å².